The molecule has 37 heavy (non-hydrogen) atoms. The number of hydrogen-bond donors (Lipinski definition) is 2. The molecule has 1 fully saturated rings. The van der Waals surface area contributed by atoms with Crippen molar-refractivity contribution in [2.75, 3.05) is 22.1 Å². The van der Waals surface area contributed by atoms with Crippen molar-refractivity contribution in [3.8, 4) is 0 Å². The van der Waals surface area contributed by atoms with Crippen LogP contribution in [0.15, 0.2) is 42.1 Å². The number of urea groups is 1. The van der Waals surface area contributed by atoms with Crippen molar-refractivity contribution in [2.24, 2.45) is 0 Å². The number of benzene rings is 1. The largest absolute Gasteiger partial charge is 0.416 e. The Kier molecular flexibility index (Phi) is 9.18. The molecular weight excluding hydrogens is 509 g/mol. The van der Waals surface area contributed by atoms with Crippen LogP contribution in [0.4, 0.5) is 35.4 Å². The van der Waals surface area contributed by atoms with E-state index in [1.807, 2.05) is 33.8 Å². The topological polar surface area (TPSA) is 104 Å². The van der Waals surface area contributed by atoms with E-state index in [9.17, 15) is 22.8 Å². The van der Waals surface area contributed by atoms with Crippen LogP contribution in [-0.2, 0) is 6.18 Å². The van der Waals surface area contributed by atoms with Crippen LogP contribution in [0.1, 0.15) is 63.4 Å². The van der Waals surface area contributed by atoms with E-state index in [0.717, 1.165) is 17.7 Å². The molecule has 0 radical (unpaired) electrons. The van der Waals surface area contributed by atoms with Gasteiger partial charge in [0.25, 0.3) is 5.91 Å². The molecule has 1 aliphatic heterocycles. The molecule has 202 valence electrons. The second kappa shape index (κ2) is 11.4. The number of allylic oxidation sites excluding steroid dienone is 2. The highest BCUT2D eigenvalue weighted by Crippen LogP contribution is 2.33. The first kappa shape index (κ1) is 29.9. The van der Waals surface area contributed by atoms with Crippen molar-refractivity contribution in [1.82, 2.24) is 15.3 Å². The fourth-order valence-electron chi connectivity index (χ4n) is 3.98. The number of hydrogen-bond acceptors (Lipinski definition) is 5. The van der Waals surface area contributed by atoms with Crippen LogP contribution in [0.3, 0.4) is 0 Å². The Morgan fingerprint density at radius 1 is 1.32 bits per heavy atom. The van der Waals surface area contributed by atoms with Gasteiger partial charge >= 0.3 is 12.2 Å². The molecule has 8 nitrogen and oxygen atoms in total. The zero-order valence-corrected chi connectivity index (χ0v) is 22.2. The van der Waals surface area contributed by atoms with Crippen LogP contribution >= 0.6 is 12.4 Å². The SMILES string of the molecule is CC(C)=CCCC(C)N(C(=O)c1cnc(N2CC(C)(C)NC2=O)nc1N)c1cccc(C(F)(F)F)c1.Cl. The second-order valence-corrected chi connectivity index (χ2v) is 9.80. The van der Waals surface area contributed by atoms with Gasteiger partial charge in [0.1, 0.15) is 11.4 Å². The molecule has 1 aliphatic rings. The summed E-state index contributed by atoms with van der Waals surface area (Å²) in [5.74, 6) is -0.764. The minimum Gasteiger partial charge on any atom is -0.383 e. The van der Waals surface area contributed by atoms with Crippen LogP contribution in [-0.4, -0.2) is 40.0 Å². The van der Waals surface area contributed by atoms with E-state index in [-0.39, 0.29) is 35.4 Å². The molecule has 0 aliphatic carbocycles. The molecular formula is C25H32ClF3N6O2. The third-order valence-electron chi connectivity index (χ3n) is 5.77. The van der Waals surface area contributed by atoms with Crippen molar-refractivity contribution in [2.45, 2.75) is 65.2 Å². The van der Waals surface area contributed by atoms with E-state index < -0.39 is 35.3 Å². The van der Waals surface area contributed by atoms with Gasteiger partial charge < -0.3 is 16.0 Å². The third kappa shape index (κ3) is 7.12. The lowest BCUT2D eigenvalue weighted by Crippen LogP contribution is -2.39. The first-order valence-corrected chi connectivity index (χ1v) is 11.6. The number of anilines is 3. The van der Waals surface area contributed by atoms with Gasteiger partial charge in [0, 0.05) is 17.9 Å². The van der Waals surface area contributed by atoms with E-state index >= 15 is 0 Å². The number of rotatable bonds is 7. The van der Waals surface area contributed by atoms with Crippen molar-refractivity contribution >= 4 is 41.8 Å². The summed E-state index contributed by atoms with van der Waals surface area (Å²) in [5, 5.41) is 2.79. The fourth-order valence-corrected chi connectivity index (χ4v) is 3.98. The average Bonchev–Trinajstić information content (AvgIpc) is 3.05. The minimum absolute atomic E-state index is 0. The van der Waals surface area contributed by atoms with Crippen LogP contribution in [0.25, 0.3) is 0 Å². The summed E-state index contributed by atoms with van der Waals surface area (Å²) in [6.07, 6.45) is -0.210. The lowest BCUT2D eigenvalue weighted by atomic mass is 10.1. The summed E-state index contributed by atoms with van der Waals surface area (Å²) < 4.78 is 40.2. The highest BCUT2D eigenvalue weighted by atomic mass is 35.5. The molecule has 0 bridgehead atoms. The lowest BCUT2D eigenvalue weighted by Gasteiger charge is -2.30. The zero-order chi connectivity index (χ0) is 26.8. The molecule has 3 N–H and O–H groups in total. The molecule has 12 heteroatoms. The van der Waals surface area contributed by atoms with Gasteiger partial charge in [0.05, 0.1) is 17.6 Å². The number of nitrogens with zero attached hydrogens (tertiary/aromatic N) is 4. The van der Waals surface area contributed by atoms with Crippen LogP contribution in [0.2, 0.25) is 0 Å². The number of nitrogen functional groups attached to an aromatic ring is 1. The summed E-state index contributed by atoms with van der Waals surface area (Å²) in [4.78, 5) is 36.9. The van der Waals surface area contributed by atoms with Gasteiger partial charge in [-0.05, 0) is 65.7 Å². The summed E-state index contributed by atoms with van der Waals surface area (Å²) >= 11 is 0. The Morgan fingerprint density at radius 3 is 2.54 bits per heavy atom. The number of carbonyl (C=O) groups is 2. The van der Waals surface area contributed by atoms with Crippen molar-refractivity contribution in [3.63, 3.8) is 0 Å². The van der Waals surface area contributed by atoms with Gasteiger partial charge in [0.2, 0.25) is 5.95 Å². The quantitative estimate of drug-likeness (QED) is 0.445. The Hall–Kier alpha value is -3.34. The first-order chi connectivity index (χ1) is 16.7. The molecule has 2 aromatic rings. The predicted molar refractivity (Wildman–Crippen MR) is 140 cm³/mol. The average molecular weight is 541 g/mol. The molecule has 1 aromatic heterocycles. The molecule has 1 atom stereocenters. The number of carbonyl (C=O) groups excluding carboxylic acids is 2. The number of amides is 3. The van der Waals surface area contributed by atoms with E-state index in [2.05, 4.69) is 15.3 Å². The predicted octanol–water partition coefficient (Wildman–Crippen LogP) is 5.59. The molecule has 3 amide bonds. The maximum Gasteiger partial charge on any atom is 0.416 e. The molecule has 0 spiro atoms. The third-order valence-corrected chi connectivity index (χ3v) is 5.77. The highest BCUT2D eigenvalue weighted by molar-refractivity contribution is 6.09. The monoisotopic (exact) mass is 540 g/mol. The van der Waals surface area contributed by atoms with Gasteiger partial charge in [-0.2, -0.15) is 18.2 Å². The normalized spacial score (nSPS) is 15.5. The van der Waals surface area contributed by atoms with Crippen molar-refractivity contribution in [3.05, 3.63) is 53.2 Å². The standard InChI is InChI=1S/C25H31F3N6O2.ClH/c1-15(2)8-6-9-16(3)34(18-11-7-10-17(12-18)25(26,27)28)21(35)19-13-30-22(31-20(19)29)33-14-24(4,5)32-23(33)36;/h7-8,10-13,16H,6,9,14H2,1-5H3,(H,32,36)(H2,29,30,31);1H. The Labute approximate surface area is 220 Å². The number of aromatic nitrogens is 2. The fraction of sp³-hybridized carbons (Fsp3) is 0.440. The molecule has 0 saturated carbocycles. The van der Waals surface area contributed by atoms with Gasteiger partial charge in [-0.25, -0.2) is 9.78 Å². The Morgan fingerprint density at radius 2 is 2.00 bits per heavy atom. The molecule has 3 rings (SSSR count). The summed E-state index contributed by atoms with van der Waals surface area (Å²) in [7, 11) is 0. The van der Waals surface area contributed by atoms with E-state index in [0.29, 0.717) is 19.4 Å². The van der Waals surface area contributed by atoms with E-state index in [4.69, 9.17) is 5.73 Å². The van der Waals surface area contributed by atoms with Gasteiger partial charge in [-0.3, -0.25) is 9.69 Å². The lowest BCUT2D eigenvalue weighted by molar-refractivity contribution is -0.137. The van der Waals surface area contributed by atoms with Gasteiger partial charge in [-0.1, -0.05) is 17.7 Å². The number of alkyl halides is 3. The van der Waals surface area contributed by atoms with Crippen LogP contribution < -0.4 is 20.9 Å². The van der Waals surface area contributed by atoms with Gasteiger partial charge in [0.15, 0.2) is 0 Å². The summed E-state index contributed by atoms with van der Waals surface area (Å²) in [6, 6.07) is 3.76. The highest BCUT2D eigenvalue weighted by Gasteiger charge is 2.38. The summed E-state index contributed by atoms with van der Waals surface area (Å²) in [6.45, 7) is 9.64. The van der Waals surface area contributed by atoms with Crippen LogP contribution in [0.5, 0.6) is 0 Å². The Balaban J connectivity index is 0.00000481. The second-order valence-electron chi connectivity index (χ2n) is 9.80. The van der Waals surface area contributed by atoms with E-state index in [1.54, 1.807) is 6.92 Å². The summed E-state index contributed by atoms with van der Waals surface area (Å²) in [5.41, 5.74) is 5.87. The van der Waals surface area contributed by atoms with Crippen molar-refractivity contribution < 1.29 is 22.8 Å². The number of nitrogens with two attached hydrogens (primary N) is 1. The minimum atomic E-state index is -4.57. The molecule has 2 heterocycles. The molecule has 1 aromatic carbocycles. The first-order valence-electron chi connectivity index (χ1n) is 11.6. The van der Waals surface area contributed by atoms with E-state index in [1.165, 1.54) is 28.1 Å². The van der Waals surface area contributed by atoms with Crippen LogP contribution in [0, 0.1) is 0 Å². The molecule has 1 saturated heterocycles. The number of nitrogens with one attached hydrogen (secondary N) is 1. The van der Waals surface area contributed by atoms with Crippen molar-refractivity contribution in [1.29, 1.82) is 0 Å². The smallest absolute Gasteiger partial charge is 0.383 e. The zero-order valence-electron chi connectivity index (χ0n) is 21.4. The molecule has 1 unspecified atom stereocenters. The maximum atomic E-state index is 13.6. The number of halogens is 4. The maximum absolute atomic E-state index is 13.6. The Bertz CT molecular complexity index is 1180. The van der Waals surface area contributed by atoms with Gasteiger partial charge in [-0.15, -0.1) is 12.4 Å².